The number of hydrogen-bond donors (Lipinski definition) is 2. The van der Waals surface area contributed by atoms with Crippen LogP contribution in [0, 0.1) is 13.8 Å². The molecule has 1 aliphatic rings. The van der Waals surface area contributed by atoms with Crippen LogP contribution in [0.4, 0.5) is 5.82 Å². The molecule has 1 saturated heterocycles. The fourth-order valence-electron chi connectivity index (χ4n) is 4.65. The number of nitrogens with zero attached hydrogens (tertiary/aromatic N) is 4. The van der Waals surface area contributed by atoms with Gasteiger partial charge in [0.2, 0.25) is 0 Å². The molecule has 10 heteroatoms. The topological polar surface area (TPSA) is 139 Å². The summed E-state index contributed by atoms with van der Waals surface area (Å²) >= 11 is 0. The maximum Gasteiger partial charge on any atom is 0.254 e. The first-order valence-electron chi connectivity index (χ1n) is 11.2. The summed E-state index contributed by atoms with van der Waals surface area (Å²) in [6.45, 7) is 5.94. The Balaban J connectivity index is 1.74. The van der Waals surface area contributed by atoms with E-state index in [0.717, 1.165) is 16.8 Å². The first-order valence-corrected chi connectivity index (χ1v) is 11.2. The number of carbonyl (C=O) groups excluding carboxylic acids is 2. The standard InChI is InChI=1S/C25H26N6O4/c1-13-4-7-18(34-3)14(2)21(13)31-22(26)19(23(27)32)20-24(31)29-16-6-5-15(12-17(16)28-20)25(33)30-8-10-35-11-9-30/h4-7,12H,8-11,26H2,1-3H3,(H2,27,32). The Hall–Kier alpha value is -4.18. The van der Waals surface area contributed by atoms with E-state index in [2.05, 4.69) is 0 Å². The summed E-state index contributed by atoms with van der Waals surface area (Å²) in [5.41, 5.74) is 17.0. The van der Waals surface area contributed by atoms with Gasteiger partial charge in [0, 0.05) is 24.2 Å². The number of hydrogen-bond acceptors (Lipinski definition) is 7. The van der Waals surface area contributed by atoms with Crippen molar-refractivity contribution in [2.75, 3.05) is 39.1 Å². The van der Waals surface area contributed by atoms with Crippen LogP contribution in [0.15, 0.2) is 30.3 Å². The van der Waals surface area contributed by atoms with Crippen molar-refractivity contribution in [3.63, 3.8) is 0 Å². The molecule has 0 bridgehead atoms. The Morgan fingerprint density at radius 3 is 2.49 bits per heavy atom. The van der Waals surface area contributed by atoms with E-state index in [0.29, 0.717) is 54.3 Å². The third-order valence-corrected chi connectivity index (χ3v) is 6.41. The van der Waals surface area contributed by atoms with Crippen LogP contribution >= 0.6 is 0 Å². The molecule has 10 nitrogen and oxygen atoms in total. The lowest BCUT2D eigenvalue weighted by molar-refractivity contribution is 0.0303. The normalized spacial score (nSPS) is 14.0. The highest BCUT2D eigenvalue weighted by molar-refractivity contribution is 6.11. The molecule has 1 fully saturated rings. The van der Waals surface area contributed by atoms with Crippen LogP contribution in [0.25, 0.3) is 27.9 Å². The number of primary amides is 1. The number of carbonyl (C=O) groups is 2. The monoisotopic (exact) mass is 474 g/mol. The maximum atomic E-state index is 13.0. The minimum atomic E-state index is -0.710. The van der Waals surface area contributed by atoms with Gasteiger partial charge in [-0.2, -0.15) is 0 Å². The number of ether oxygens (including phenoxy) is 2. The van der Waals surface area contributed by atoms with E-state index in [4.69, 9.17) is 30.9 Å². The molecular formula is C25H26N6O4. The molecule has 180 valence electrons. The van der Waals surface area contributed by atoms with Gasteiger partial charge in [0.25, 0.3) is 11.8 Å². The second-order valence-corrected chi connectivity index (χ2v) is 8.52. The van der Waals surface area contributed by atoms with Crippen molar-refractivity contribution < 1.29 is 19.1 Å². The van der Waals surface area contributed by atoms with E-state index < -0.39 is 5.91 Å². The van der Waals surface area contributed by atoms with Crippen LogP contribution in [-0.2, 0) is 4.74 Å². The smallest absolute Gasteiger partial charge is 0.254 e. The highest BCUT2D eigenvalue weighted by Crippen LogP contribution is 2.36. The van der Waals surface area contributed by atoms with Crippen molar-refractivity contribution in [2.24, 2.45) is 5.73 Å². The number of nitrogen functional groups attached to an aromatic ring is 1. The summed E-state index contributed by atoms with van der Waals surface area (Å²) in [6, 6.07) is 8.94. The van der Waals surface area contributed by atoms with E-state index in [-0.39, 0.29) is 22.8 Å². The largest absolute Gasteiger partial charge is 0.496 e. The van der Waals surface area contributed by atoms with Gasteiger partial charge in [-0.25, -0.2) is 9.97 Å². The molecule has 0 saturated carbocycles. The van der Waals surface area contributed by atoms with Crippen LogP contribution in [0.5, 0.6) is 5.75 Å². The van der Waals surface area contributed by atoms with Gasteiger partial charge in [0.15, 0.2) is 5.65 Å². The Morgan fingerprint density at radius 2 is 1.80 bits per heavy atom. The van der Waals surface area contributed by atoms with Crippen molar-refractivity contribution in [2.45, 2.75) is 13.8 Å². The summed E-state index contributed by atoms with van der Waals surface area (Å²) in [6.07, 6.45) is 0. The molecule has 0 unspecified atom stereocenters. The molecule has 3 heterocycles. The molecular weight excluding hydrogens is 448 g/mol. The first kappa shape index (κ1) is 22.6. The summed E-state index contributed by atoms with van der Waals surface area (Å²) in [7, 11) is 1.59. The molecule has 2 amide bonds. The summed E-state index contributed by atoms with van der Waals surface area (Å²) in [5, 5.41) is 0. The summed E-state index contributed by atoms with van der Waals surface area (Å²) in [4.78, 5) is 36.7. The number of fused-ring (bicyclic) bond motifs is 2. The number of aryl methyl sites for hydroxylation is 1. The molecule has 0 radical (unpaired) electrons. The zero-order valence-electron chi connectivity index (χ0n) is 19.8. The van der Waals surface area contributed by atoms with Crippen LogP contribution in [0.1, 0.15) is 31.8 Å². The Morgan fingerprint density at radius 1 is 1.06 bits per heavy atom. The van der Waals surface area contributed by atoms with E-state index in [1.54, 1.807) is 34.8 Å². The molecule has 2 aromatic heterocycles. The second kappa shape index (κ2) is 8.55. The van der Waals surface area contributed by atoms with Gasteiger partial charge < -0.3 is 25.8 Å². The number of aromatic nitrogens is 3. The van der Waals surface area contributed by atoms with Crippen molar-refractivity contribution in [1.29, 1.82) is 0 Å². The van der Waals surface area contributed by atoms with Crippen molar-refractivity contribution in [1.82, 2.24) is 19.4 Å². The number of methoxy groups -OCH3 is 1. The molecule has 1 aliphatic heterocycles. The predicted octanol–water partition coefficient (Wildman–Crippen LogP) is 2.35. The van der Waals surface area contributed by atoms with Crippen LogP contribution in [0.2, 0.25) is 0 Å². The first-order chi connectivity index (χ1) is 16.8. The third-order valence-electron chi connectivity index (χ3n) is 6.41. The zero-order valence-corrected chi connectivity index (χ0v) is 19.8. The van der Waals surface area contributed by atoms with E-state index in [9.17, 15) is 9.59 Å². The summed E-state index contributed by atoms with van der Waals surface area (Å²) < 4.78 is 12.5. The van der Waals surface area contributed by atoms with Gasteiger partial charge in [0.1, 0.15) is 22.6 Å². The molecule has 0 atom stereocenters. The third kappa shape index (κ3) is 3.62. The Kier molecular flexibility index (Phi) is 5.52. The molecule has 2 aromatic carbocycles. The lowest BCUT2D eigenvalue weighted by atomic mass is 10.1. The van der Waals surface area contributed by atoms with Gasteiger partial charge >= 0.3 is 0 Å². The SMILES string of the molecule is COc1ccc(C)c(-n2c(N)c(C(N)=O)c3nc4cc(C(=O)N5CCOCC5)ccc4nc32)c1C. The predicted molar refractivity (Wildman–Crippen MR) is 132 cm³/mol. The average molecular weight is 475 g/mol. The number of nitrogens with two attached hydrogens (primary N) is 2. The molecule has 0 aliphatic carbocycles. The minimum Gasteiger partial charge on any atom is -0.496 e. The lowest BCUT2D eigenvalue weighted by Crippen LogP contribution is -2.40. The molecule has 4 aromatic rings. The zero-order chi connectivity index (χ0) is 24.9. The number of benzene rings is 2. The number of amides is 2. The lowest BCUT2D eigenvalue weighted by Gasteiger charge is -2.26. The van der Waals surface area contributed by atoms with E-state index in [1.807, 2.05) is 26.0 Å². The van der Waals surface area contributed by atoms with Gasteiger partial charge in [-0.05, 0) is 43.7 Å². The fraction of sp³-hybridized carbons (Fsp3) is 0.280. The van der Waals surface area contributed by atoms with Gasteiger partial charge in [-0.3, -0.25) is 14.2 Å². The number of rotatable bonds is 4. The Bertz CT molecular complexity index is 1500. The highest BCUT2D eigenvalue weighted by atomic mass is 16.5. The Labute approximate surface area is 201 Å². The van der Waals surface area contributed by atoms with Crippen LogP contribution < -0.4 is 16.2 Å². The fourth-order valence-corrected chi connectivity index (χ4v) is 4.65. The number of anilines is 1. The van der Waals surface area contributed by atoms with Crippen LogP contribution in [0.3, 0.4) is 0 Å². The van der Waals surface area contributed by atoms with E-state index in [1.165, 1.54) is 0 Å². The van der Waals surface area contributed by atoms with Crippen molar-refractivity contribution >= 4 is 39.8 Å². The van der Waals surface area contributed by atoms with Crippen molar-refractivity contribution in [3.05, 3.63) is 52.6 Å². The molecule has 35 heavy (non-hydrogen) atoms. The quantitative estimate of drug-likeness (QED) is 0.463. The maximum absolute atomic E-state index is 13.0. The molecule has 4 N–H and O–H groups in total. The minimum absolute atomic E-state index is 0.0842. The van der Waals surface area contributed by atoms with Crippen molar-refractivity contribution in [3.8, 4) is 11.4 Å². The van der Waals surface area contributed by atoms with Crippen LogP contribution in [-0.4, -0.2) is 64.7 Å². The average Bonchev–Trinajstić information content (AvgIpc) is 3.13. The van der Waals surface area contributed by atoms with Gasteiger partial charge in [-0.15, -0.1) is 0 Å². The number of morpholine rings is 1. The highest BCUT2D eigenvalue weighted by Gasteiger charge is 2.26. The summed E-state index contributed by atoms with van der Waals surface area (Å²) in [5.74, 6) is 0.00459. The molecule has 0 spiro atoms. The van der Waals surface area contributed by atoms with Gasteiger partial charge in [-0.1, -0.05) is 6.07 Å². The second-order valence-electron chi connectivity index (χ2n) is 8.52. The van der Waals surface area contributed by atoms with Gasteiger partial charge in [0.05, 0.1) is 37.0 Å². The molecule has 5 rings (SSSR count). The van der Waals surface area contributed by atoms with E-state index >= 15 is 0 Å².